The number of aryl methyl sites for hydroxylation is 1. The number of carbonyl (C=O) groups is 1. The van der Waals surface area contributed by atoms with Crippen LogP contribution in [0.2, 0.25) is 0 Å². The normalized spacial score (nSPS) is 14.5. The van der Waals surface area contributed by atoms with Crippen molar-refractivity contribution < 1.29 is 14.3 Å². The van der Waals surface area contributed by atoms with Gasteiger partial charge in [0.15, 0.2) is 11.6 Å². The Bertz CT molecular complexity index is 1030. The second-order valence-corrected chi connectivity index (χ2v) is 8.49. The SMILES string of the molecule is Cc1nc(-c2ccccc2)nc2sc(C(=O)N3CCOCC3)c(OCCN(C)C)c12. The minimum Gasteiger partial charge on any atom is -0.490 e. The molecule has 30 heavy (non-hydrogen) atoms. The van der Waals surface area contributed by atoms with Gasteiger partial charge in [0.2, 0.25) is 0 Å². The Morgan fingerprint density at radius 1 is 1.20 bits per heavy atom. The first-order chi connectivity index (χ1) is 14.5. The highest BCUT2D eigenvalue weighted by molar-refractivity contribution is 7.21. The molecule has 0 atom stereocenters. The smallest absolute Gasteiger partial charge is 0.268 e. The molecule has 0 aliphatic carbocycles. The second kappa shape index (κ2) is 9.07. The number of aromatic nitrogens is 2. The van der Waals surface area contributed by atoms with Crippen LogP contribution in [0.15, 0.2) is 30.3 Å². The van der Waals surface area contributed by atoms with Gasteiger partial charge < -0.3 is 19.3 Å². The van der Waals surface area contributed by atoms with Gasteiger partial charge in [0.25, 0.3) is 5.91 Å². The van der Waals surface area contributed by atoms with Gasteiger partial charge in [0.05, 0.1) is 24.3 Å². The van der Waals surface area contributed by atoms with Gasteiger partial charge >= 0.3 is 0 Å². The molecule has 3 aromatic rings. The van der Waals surface area contributed by atoms with E-state index in [9.17, 15) is 4.79 Å². The molecule has 3 heterocycles. The maximum Gasteiger partial charge on any atom is 0.268 e. The Morgan fingerprint density at radius 2 is 1.93 bits per heavy atom. The molecule has 7 nitrogen and oxygen atoms in total. The van der Waals surface area contributed by atoms with E-state index in [0.29, 0.717) is 49.4 Å². The van der Waals surface area contributed by atoms with Crippen molar-refractivity contribution in [2.75, 3.05) is 53.6 Å². The topological polar surface area (TPSA) is 67.8 Å². The van der Waals surface area contributed by atoms with Crippen molar-refractivity contribution in [3.8, 4) is 17.1 Å². The third-order valence-electron chi connectivity index (χ3n) is 5.00. The predicted octanol–water partition coefficient (Wildman–Crippen LogP) is 3.08. The lowest BCUT2D eigenvalue weighted by molar-refractivity contribution is 0.0304. The Labute approximate surface area is 180 Å². The van der Waals surface area contributed by atoms with Crippen LogP contribution in [0.5, 0.6) is 5.75 Å². The third kappa shape index (κ3) is 4.30. The summed E-state index contributed by atoms with van der Waals surface area (Å²) in [6.07, 6.45) is 0. The van der Waals surface area contributed by atoms with Crippen LogP contribution in [-0.4, -0.2) is 79.2 Å². The van der Waals surface area contributed by atoms with E-state index in [1.54, 1.807) is 0 Å². The average molecular weight is 427 g/mol. The Kier molecular flexibility index (Phi) is 6.26. The van der Waals surface area contributed by atoms with E-state index in [1.165, 1.54) is 11.3 Å². The van der Waals surface area contributed by atoms with Crippen LogP contribution >= 0.6 is 11.3 Å². The number of hydrogen-bond donors (Lipinski definition) is 0. The van der Waals surface area contributed by atoms with Crippen molar-refractivity contribution in [1.82, 2.24) is 19.8 Å². The fraction of sp³-hybridized carbons (Fsp3) is 0.409. The van der Waals surface area contributed by atoms with Gasteiger partial charge in [-0.15, -0.1) is 11.3 Å². The number of fused-ring (bicyclic) bond motifs is 1. The number of rotatable bonds is 6. The summed E-state index contributed by atoms with van der Waals surface area (Å²) >= 11 is 1.39. The number of morpholine rings is 1. The molecule has 1 fully saturated rings. The summed E-state index contributed by atoms with van der Waals surface area (Å²) in [5, 5.41) is 0.829. The van der Waals surface area contributed by atoms with Gasteiger partial charge in [0, 0.05) is 25.2 Å². The fourth-order valence-electron chi connectivity index (χ4n) is 3.37. The van der Waals surface area contributed by atoms with Crippen molar-refractivity contribution in [3.05, 3.63) is 40.9 Å². The van der Waals surface area contributed by atoms with E-state index in [0.717, 1.165) is 28.0 Å². The molecular weight excluding hydrogens is 400 g/mol. The molecule has 1 aromatic carbocycles. The van der Waals surface area contributed by atoms with E-state index in [4.69, 9.17) is 19.4 Å². The molecule has 1 aliphatic rings. The number of thiophene rings is 1. The van der Waals surface area contributed by atoms with Crippen molar-refractivity contribution in [2.45, 2.75) is 6.92 Å². The number of carbonyl (C=O) groups excluding carboxylic acids is 1. The molecule has 158 valence electrons. The Hall–Kier alpha value is -2.55. The first-order valence-corrected chi connectivity index (χ1v) is 10.9. The highest BCUT2D eigenvalue weighted by Gasteiger charge is 2.28. The lowest BCUT2D eigenvalue weighted by Gasteiger charge is -2.26. The fourth-order valence-corrected chi connectivity index (χ4v) is 4.51. The monoisotopic (exact) mass is 426 g/mol. The van der Waals surface area contributed by atoms with E-state index in [-0.39, 0.29) is 5.91 Å². The summed E-state index contributed by atoms with van der Waals surface area (Å²) in [6, 6.07) is 9.88. The summed E-state index contributed by atoms with van der Waals surface area (Å²) < 4.78 is 11.6. The molecule has 8 heteroatoms. The maximum absolute atomic E-state index is 13.3. The van der Waals surface area contributed by atoms with Crippen LogP contribution in [0.25, 0.3) is 21.6 Å². The number of amides is 1. The standard InChI is InChI=1S/C22H26N4O3S/c1-15-17-18(29-14-9-25(2)3)19(22(27)26-10-12-28-13-11-26)30-21(17)24-20(23-15)16-7-5-4-6-8-16/h4-8H,9-14H2,1-3H3. The zero-order valence-electron chi connectivity index (χ0n) is 17.6. The zero-order valence-corrected chi connectivity index (χ0v) is 18.4. The number of likely N-dealkylation sites (N-methyl/N-ethyl adjacent to an activating group) is 1. The van der Waals surface area contributed by atoms with Crippen molar-refractivity contribution in [2.24, 2.45) is 0 Å². The van der Waals surface area contributed by atoms with Gasteiger partial charge in [-0.25, -0.2) is 9.97 Å². The van der Waals surface area contributed by atoms with E-state index in [2.05, 4.69) is 4.90 Å². The van der Waals surface area contributed by atoms with Crippen LogP contribution < -0.4 is 4.74 Å². The molecule has 1 saturated heterocycles. The molecule has 0 spiro atoms. The first kappa shape index (κ1) is 20.7. The summed E-state index contributed by atoms with van der Waals surface area (Å²) in [7, 11) is 3.99. The van der Waals surface area contributed by atoms with E-state index >= 15 is 0 Å². The number of nitrogens with zero attached hydrogens (tertiary/aromatic N) is 4. The zero-order chi connectivity index (χ0) is 21.1. The highest BCUT2D eigenvalue weighted by atomic mass is 32.1. The maximum atomic E-state index is 13.3. The Balaban J connectivity index is 1.77. The summed E-state index contributed by atoms with van der Waals surface area (Å²) in [5.41, 5.74) is 1.77. The van der Waals surface area contributed by atoms with Crippen LogP contribution in [0, 0.1) is 6.92 Å². The number of hydrogen-bond acceptors (Lipinski definition) is 7. The van der Waals surface area contributed by atoms with Gasteiger partial charge in [-0.05, 0) is 21.0 Å². The van der Waals surface area contributed by atoms with Crippen LogP contribution in [0.1, 0.15) is 15.4 Å². The molecule has 0 saturated carbocycles. The second-order valence-electron chi connectivity index (χ2n) is 7.50. The van der Waals surface area contributed by atoms with Gasteiger partial charge in [-0.2, -0.15) is 0 Å². The van der Waals surface area contributed by atoms with Gasteiger partial charge in [-0.3, -0.25) is 4.79 Å². The van der Waals surface area contributed by atoms with Crippen LogP contribution in [0.3, 0.4) is 0 Å². The van der Waals surface area contributed by atoms with Crippen LogP contribution in [0.4, 0.5) is 0 Å². The van der Waals surface area contributed by atoms with Crippen molar-refractivity contribution in [3.63, 3.8) is 0 Å². The number of benzene rings is 1. The van der Waals surface area contributed by atoms with Crippen LogP contribution in [-0.2, 0) is 4.74 Å². The lowest BCUT2D eigenvalue weighted by atomic mass is 10.2. The first-order valence-electron chi connectivity index (χ1n) is 10.1. The molecule has 1 aliphatic heterocycles. The quantitative estimate of drug-likeness (QED) is 0.603. The van der Waals surface area contributed by atoms with E-state index < -0.39 is 0 Å². The predicted molar refractivity (Wildman–Crippen MR) is 118 cm³/mol. The molecule has 4 rings (SSSR count). The molecule has 0 bridgehead atoms. The van der Waals surface area contributed by atoms with Crippen molar-refractivity contribution in [1.29, 1.82) is 0 Å². The third-order valence-corrected chi connectivity index (χ3v) is 6.05. The summed E-state index contributed by atoms with van der Waals surface area (Å²) in [6.45, 7) is 5.49. The minimum atomic E-state index is -0.0261. The molecule has 0 radical (unpaired) electrons. The molecular formula is C22H26N4O3S. The van der Waals surface area contributed by atoms with Crippen molar-refractivity contribution >= 4 is 27.5 Å². The van der Waals surface area contributed by atoms with Gasteiger partial charge in [0.1, 0.15) is 16.3 Å². The summed E-state index contributed by atoms with van der Waals surface area (Å²) in [5.74, 6) is 1.24. The molecule has 0 N–H and O–H groups in total. The highest BCUT2D eigenvalue weighted by Crippen LogP contribution is 2.40. The molecule has 0 unspecified atom stereocenters. The molecule has 2 aromatic heterocycles. The van der Waals surface area contributed by atoms with Gasteiger partial charge in [-0.1, -0.05) is 30.3 Å². The summed E-state index contributed by atoms with van der Waals surface area (Å²) in [4.78, 5) is 28.0. The average Bonchev–Trinajstić information content (AvgIpc) is 3.13. The largest absolute Gasteiger partial charge is 0.490 e. The lowest BCUT2D eigenvalue weighted by Crippen LogP contribution is -2.40. The number of ether oxygens (including phenoxy) is 2. The Morgan fingerprint density at radius 3 is 2.63 bits per heavy atom. The van der Waals surface area contributed by atoms with E-state index in [1.807, 2.05) is 56.3 Å². The molecule has 1 amide bonds. The minimum absolute atomic E-state index is 0.0261.